The lowest BCUT2D eigenvalue weighted by atomic mass is 9.71. The summed E-state index contributed by atoms with van der Waals surface area (Å²) in [7, 11) is 0. The Kier molecular flexibility index (Phi) is 7.97. The normalized spacial score (nSPS) is 26.9. The van der Waals surface area contributed by atoms with Gasteiger partial charge in [-0.2, -0.15) is 0 Å². The minimum atomic E-state index is -0.556. The molecule has 0 spiro atoms. The minimum Gasteiger partial charge on any atom is -0.462 e. The van der Waals surface area contributed by atoms with Crippen LogP contribution in [0.25, 0.3) is 0 Å². The largest absolute Gasteiger partial charge is 0.462 e. The highest BCUT2D eigenvalue weighted by Crippen LogP contribution is 2.65. The summed E-state index contributed by atoms with van der Waals surface area (Å²) in [6.45, 7) is 10.5. The smallest absolute Gasteiger partial charge is 0.333 e. The van der Waals surface area contributed by atoms with Crippen LogP contribution < -0.4 is 5.32 Å². The molecule has 3 rings (SSSR count). The maximum atomic E-state index is 13.1. The van der Waals surface area contributed by atoms with Crippen molar-refractivity contribution in [3.8, 4) is 0 Å². The minimum absolute atomic E-state index is 0.00634. The molecule has 0 aliphatic heterocycles. The lowest BCUT2D eigenvalue weighted by Crippen LogP contribution is -2.50. The van der Waals surface area contributed by atoms with Crippen molar-refractivity contribution in [1.29, 1.82) is 0 Å². The predicted molar refractivity (Wildman–Crippen MR) is 122 cm³/mol. The number of hydrogen-bond donors (Lipinski definition) is 1. The molecular formula is C25H36N2O6. The number of amides is 3. The van der Waals surface area contributed by atoms with E-state index in [2.05, 4.69) is 18.5 Å². The lowest BCUT2D eigenvalue weighted by Gasteiger charge is -2.39. The van der Waals surface area contributed by atoms with Gasteiger partial charge >= 0.3 is 18.0 Å². The third-order valence-corrected chi connectivity index (χ3v) is 7.52. The van der Waals surface area contributed by atoms with E-state index in [9.17, 15) is 19.2 Å². The maximum absolute atomic E-state index is 13.1. The molecule has 8 nitrogen and oxygen atoms in total. The Labute approximate surface area is 195 Å². The van der Waals surface area contributed by atoms with Crippen LogP contribution in [0.5, 0.6) is 0 Å². The third-order valence-electron chi connectivity index (χ3n) is 7.52. The summed E-state index contributed by atoms with van der Waals surface area (Å²) in [4.78, 5) is 50.6. The van der Waals surface area contributed by atoms with Crippen molar-refractivity contribution < 1.29 is 28.7 Å². The number of nitrogens with one attached hydrogen (secondary N) is 1. The molecule has 3 aliphatic carbocycles. The van der Waals surface area contributed by atoms with Crippen molar-refractivity contribution in [2.45, 2.75) is 58.8 Å². The van der Waals surface area contributed by atoms with E-state index in [4.69, 9.17) is 9.47 Å². The molecule has 0 saturated heterocycles. The summed E-state index contributed by atoms with van der Waals surface area (Å²) in [5.41, 5.74) is 0.528. The second-order valence-corrected chi connectivity index (χ2v) is 9.86. The van der Waals surface area contributed by atoms with E-state index >= 15 is 0 Å². The molecule has 3 fully saturated rings. The molecule has 3 amide bonds. The lowest BCUT2D eigenvalue weighted by molar-refractivity contribution is -0.141. The SMILES string of the molecule is C=C(C)C(=O)OCCNC(=O)N(CC12CCC(C1)C1CCCC12)C(=O)CCOC(=O)C(=C)C. The van der Waals surface area contributed by atoms with Crippen LogP contribution in [0.1, 0.15) is 58.8 Å². The van der Waals surface area contributed by atoms with Crippen molar-refractivity contribution in [3.05, 3.63) is 24.3 Å². The zero-order chi connectivity index (χ0) is 24.2. The van der Waals surface area contributed by atoms with Crippen LogP contribution in [-0.4, -0.2) is 55.1 Å². The fourth-order valence-corrected chi connectivity index (χ4v) is 6.07. The number of esters is 2. The number of ether oxygens (including phenoxy) is 2. The molecule has 0 heterocycles. The predicted octanol–water partition coefficient (Wildman–Crippen LogP) is 3.37. The van der Waals surface area contributed by atoms with Crippen LogP contribution in [0.3, 0.4) is 0 Å². The first-order chi connectivity index (χ1) is 15.6. The van der Waals surface area contributed by atoms with Gasteiger partial charge in [0.1, 0.15) is 13.2 Å². The Morgan fingerprint density at radius 2 is 1.67 bits per heavy atom. The van der Waals surface area contributed by atoms with Gasteiger partial charge in [-0.3, -0.25) is 9.69 Å². The molecule has 0 aromatic carbocycles. The van der Waals surface area contributed by atoms with Crippen LogP contribution in [0.2, 0.25) is 0 Å². The molecule has 4 atom stereocenters. The molecule has 33 heavy (non-hydrogen) atoms. The quantitative estimate of drug-likeness (QED) is 0.305. The average Bonchev–Trinajstić information content (AvgIpc) is 3.48. The first-order valence-corrected chi connectivity index (χ1v) is 11.9. The standard InChI is InChI=1S/C25H36N2O6/c1-16(2)22(29)32-12-9-21(28)27(24(31)26-11-13-33-23(30)17(3)4)15-25-10-8-18(14-25)19-6-5-7-20(19)25/h18-20H,1,3,5-15H2,2,4H3,(H,26,31). The Morgan fingerprint density at radius 3 is 2.33 bits per heavy atom. The Morgan fingerprint density at radius 1 is 1.00 bits per heavy atom. The van der Waals surface area contributed by atoms with Crippen molar-refractivity contribution in [2.75, 3.05) is 26.3 Å². The summed E-state index contributed by atoms with van der Waals surface area (Å²) >= 11 is 0. The number of carbonyl (C=O) groups is 4. The molecule has 2 bridgehead atoms. The van der Waals surface area contributed by atoms with E-state index in [-0.39, 0.29) is 48.6 Å². The molecular weight excluding hydrogens is 424 g/mol. The van der Waals surface area contributed by atoms with Gasteiger partial charge in [0, 0.05) is 17.7 Å². The molecule has 0 aromatic heterocycles. The number of hydrogen-bond acceptors (Lipinski definition) is 6. The summed E-state index contributed by atoms with van der Waals surface area (Å²) in [5.74, 6) is 0.537. The Balaban J connectivity index is 1.63. The van der Waals surface area contributed by atoms with E-state index in [1.165, 1.54) is 17.7 Å². The first kappa shape index (κ1) is 25.0. The summed E-state index contributed by atoms with van der Waals surface area (Å²) in [6.07, 6.45) is 6.83. The molecule has 0 radical (unpaired) electrons. The van der Waals surface area contributed by atoms with Gasteiger partial charge in [0.05, 0.1) is 13.0 Å². The van der Waals surface area contributed by atoms with Gasteiger partial charge < -0.3 is 14.8 Å². The van der Waals surface area contributed by atoms with Gasteiger partial charge in [0.15, 0.2) is 0 Å². The van der Waals surface area contributed by atoms with Gasteiger partial charge in [0.2, 0.25) is 5.91 Å². The highest BCUT2D eigenvalue weighted by atomic mass is 16.5. The zero-order valence-electron chi connectivity index (χ0n) is 19.8. The van der Waals surface area contributed by atoms with Crippen LogP contribution in [0, 0.1) is 23.2 Å². The van der Waals surface area contributed by atoms with Gasteiger partial charge in [-0.05, 0) is 69.1 Å². The number of nitrogens with zero attached hydrogens (tertiary/aromatic N) is 1. The van der Waals surface area contributed by atoms with Crippen molar-refractivity contribution in [2.24, 2.45) is 23.2 Å². The van der Waals surface area contributed by atoms with Gasteiger partial charge in [-0.25, -0.2) is 14.4 Å². The summed E-state index contributed by atoms with van der Waals surface area (Å²) in [5, 5.41) is 2.70. The zero-order valence-corrected chi connectivity index (χ0v) is 19.8. The fourth-order valence-electron chi connectivity index (χ4n) is 6.07. The number of imide groups is 1. The first-order valence-electron chi connectivity index (χ1n) is 11.9. The third kappa shape index (κ3) is 5.65. The van der Waals surface area contributed by atoms with Crippen molar-refractivity contribution in [1.82, 2.24) is 10.2 Å². The molecule has 182 valence electrons. The maximum Gasteiger partial charge on any atom is 0.333 e. The Hall–Kier alpha value is -2.64. The highest BCUT2D eigenvalue weighted by Gasteiger charge is 2.59. The molecule has 4 unspecified atom stereocenters. The van der Waals surface area contributed by atoms with Gasteiger partial charge in [0.25, 0.3) is 0 Å². The van der Waals surface area contributed by atoms with Gasteiger partial charge in [-0.15, -0.1) is 0 Å². The molecule has 3 saturated carbocycles. The molecule has 0 aromatic rings. The fraction of sp³-hybridized carbons (Fsp3) is 0.680. The van der Waals surface area contributed by atoms with Crippen molar-refractivity contribution >= 4 is 23.9 Å². The van der Waals surface area contributed by atoms with E-state index in [1.807, 2.05) is 0 Å². The number of rotatable bonds is 10. The summed E-state index contributed by atoms with van der Waals surface area (Å²) < 4.78 is 10.1. The van der Waals surface area contributed by atoms with E-state index in [0.29, 0.717) is 18.4 Å². The van der Waals surface area contributed by atoms with Gasteiger partial charge in [-0.1, -0.05) is 19.6 Å². The van der Waals surface area contributed by atoms with Crippen molar-refractivity contribution in [3.63, 3.8) is 0 Å². The van der Waals surface area contributed by atoms with Crippen LogP contribution in [-0.2, 0) is 23.9 Å². The number of fused-ring (bicyclic) bond motifs is 5. The monoisotopic (exact) mass is 460 g/mol. The van der Waals surface area contributed by atoms with E-state index in [0.717, 1.165) is 31.6 Å². The van der Waals surface area contributed by atoms with Crippen LogP contribution in [0.15, 0.2) is 24.3 Å². The van der Waals surface area contributed by atoms with Crippen LogP contribution >= 0.6 is 0 Å². The summed E-state index contributed by atoms with van der Waals surface area (Å²) in [6, 6.07) is -0.503. The van der Waals surface area contributed by atoms with Crippen LogP contribution in [0.4, 0.5) is 4.79 Å². The second kappa shape index (κ2) is 10.5. The topological polar surface area (TPSA) is 102 Å². The molecule has 8 heteroatoms. The van der Waals surface area contributed by atoms with E-state index < -0.39 is 18.0 Å². The molecule has 3 aliphatic rings. The number of urea groups is 1. The second-order valence-electron chi connectivity index (χ2n) is 9.86. The Bertz CT molecular complexity index is 837. The average molecular weight is 461 g/mol. The number of carbonyl (C=O) groups excluding carboxylic acids is 4. The molecule has 1 N–H and O–H groups in total. The van der Waals surface area contributed by atoms with E-state index in [1.54, 1.807) is 13.8 Å². The highest BCUT2D eigenvalue weighted by molar-refractivity contribution is 5.95.